The van der Waals surface area contributed by atoms with Gasteiger partial charge < -0.3 is 25.2 Å². The number of carbonyl (C=O) groups excluding carboxylic acids is 2. The topological polar surface area (TPSA) is 99.7 Å². The molecule has 1 fully saturated rings. The van der Waals surface area contributed by atoms with Crippen LogP contribution in [0.4, 0.5) is 27.5 Å². The molecular formula is C24H31FN6O3. The number of rotatable bonds is 6. The van der Waals surface area contributed by atoms with Crippen LogP contribution in [0.2, 0.25) is 0 Å². The molecule has 0 radical (unpaired) electrons. The van der Waals surface area contributed by atoms with Gasteiger partial charge in [-0.3, -0.25) is 9.59 Å². The molecule has 0 saturated heterocycles. The molecular weight excluding hydrogens is 439 g/mol. The molecule has 2 aromatic rings. The normalized spacial score (nSPS) is 23.1. The summed E-state index contributed by atoms with van der Waals surface area (Å²) >= 11 is 0. The molecule has 34 heavy (non-hydrogen) atoms. The van der Waals surface area contributed by atoms with Crippen LogP contribution >= 0.6 is 0 Å². The van der Waals surface area contributed by atoms with Crippen LogP contribution in [0.25, 0.3) is 0 Å². The number of hydrogen-bond acceptors (Lipinski definition) is 7. The molecule has 9 nitrogen and oxygen atoms in total. The van der Waals surface area contributed by atoms with Crippen molar-refractivity contribution in [3.63, 3.8) is 0 Å². The molecule has 2 N–H and O–H groups in total. The first-order valence-electron chi connectivity index (χ1n) is 11.2. The molecule has 4 rings (SSSR count). The molecule has 10 heteroatoms. The number of alkyl halides is 1. The van der Waals surface area contributed by atoms with E-state index in [0.29, 0.717) is 54.0 Å². The molecule has 2 aliphatic rings. The summed E-state index contributed by atoms with van der Waals surface area (Å²) in [5.41, 5.74) is -0.257. The van der Waals surface area contributed by atoms with Gasteiger partial charge in [-0.15, -0.1) is 0 Å². The molecule has 1 aromatic heterocycles. The molecule has 1 aliphatic carbocycles. The Bertz CT molecular complexity index is 1140. The van der Waals surface area contributed by atoms with Crippen LogP contribution in [-0.4, -0.2) is 61.7 Å². The summed E-state index contributed by atoms with van der Waals surface area (Å²) in [6.07, 6.45) is 2.10. The first-order valence-corrected chi connectivity index (χ1v) is 11.2. The first kappa shape index (κ1) is 23.7. The molecule has 2 heterocycles. The number of fused-ring (bicyclic) bond motifs is 1. The number of anilines is 4. The highest BCUT2D eigenvalue weighted by Gasteiger charge is 2.52. The third-order valence-corrected chi connectivity index (χ3v) is 6.60. The van der Waals surface area contributed by atoms with Crippen LogP contribution in [0, 0.1) is 11.3 Å². The van der Waals surface area contributed by atoms with Crippen molar-refractivity contribution < 1.29 is 18.7 Å². The van der Waals surface area contributed by atoms with E-state index in [1.54, 1.807) is 50.3 Å². The van der Waals surface area contributed by atoms with Gasteiger partial charge in [0.25, 0.3) is 5.91 Å². The van der Waals surface area contributed by atoms with Gasteiger partial charge >= 0.3 is 0 Å². The zero-order valence-electron chi connectivity index (χ0n) is 20.4. The maximum Gasteiger partial charge on any atom is 0.251 e. The highest BCUT2D eigenvalue weighted by atomic mass is 19.1. The van der Waals surface area contributed by atoms with Crippen LogP contribution in [0.3, 0.4) is 0 Å². The lowest BCUT2D eigenvalue weighted by molar-refractivity contribution is -0.125. The van der Waals surface area contributed by atoms with E-state index in [4.69, 9.17) is 9.72 Å². The monoisotopic (exact) mass is 470 g/mol. The smallest absolute Gasteiger partial charge is 0.251 e. The maximum absolute atomic E-state index is 14.4. The zero-order chi connectivity index (χ0) is 24.8. The Morgan fingerprint density at radius 3 is 2.65 bits per heavy atom. The Labute approximate surface area is 198 Å². The zero-order valence-corrected chi connectivity index (χ0v) is 20.4. The van der Waals surface area contributed by atoms with Gasteiger partial charge in [0.2, 0.25) is 11.9 Å². The second-order valence-corrected chi connectivity index (χ2v) is 9.83. The average molecular weight is 471 g/mol. The summed E-state index contributed by atoms with van der Waals surface area (Å²) in [7, 11) is 4.78. The molecule has 182 valence electrons. The molecule has 1 aliphatic heterocycles. The highest BCUT2D eigenvalue weighted by Crippen LogP contribution is 2.48. The van der Waals surface area contributed by atoms with Gasteiger partial charge in [-0.05, 0) is 45.4 Å². The molecule has 1 aromatic carbocycles. The van der Waals surface area contributed by atoms with Crippen molar-refractivity contribution >= 4 is 35.0 Å². The fourth-order valence-electron chi connectivity index (χ4n) is 4.37. The lowest BCUT2D eigenvalue weighted by atomic mass is 9.91. The molecule has 2 amide bonds. The van der Waals surface area contributed by atoms with Gasteiger partial charge in [0, 0.05) is 38.7 Å². The van der Waals surface area contributed by atoms with Gasteiger partial charge in [-0.25, -0.2) is 9.37 Å². The number of amides is 2. The van der Waals surface area contributed by atoms with E-state index < -0.39 is 11.1 Å². The Kier molecular flexibility index (Phi) is 5.87. The van der Waals surface area contributed by atoms with Crippen molar-refractivity contribution in [1.82, 2.24) is 15.3 Å². The minimum atomic E-state index is -1.19. The van der Waals surface area contributed by atoms with E-state index in [1.807, 2.05) is 18.7 Å². The predicted octanol–water partition coefficient (Wildman–Crippen LogP) is 3.15. The molecule has 0 bridgehead atoms. The minimum absolute atomic E-state index is 0.0502. The summed E-state index contributed by atoms with van der Waals surface area (Å²) in [6.45, 7) is 6.26. The number of hydrogen-bond donors (Lipinski definition) is 2. The number of methoxy groups -OCH3 is 1. The molecule has 1 saturated carbocycles. The lowest BCUT2D eigenvalue weighted by Gasteiger charge is -2.30. The molecule has 2 atom stereocenters. The van der Waals surface area contributed by atoms with Crippen molar-refractivity contribution in [2.24, 2.45) is 11.3 Å². The third-order valence-electron chi connectivity index (χ3n) is 6.60. The second kappa shape index (κ2) is 8.41. The van der Waals surface area contributed by atoms with E-state index in [2.05, 4.69) is 15.6 Å². The van der Waals surface area contributed by atoms with Crippen LogP contribution in [0.5, 0.6) is 5.75 Å². The van der Waals surface area contributed by atoms with Crippen molar-refractivity contribution in [2.75, 3.05) is 49.4 Å². The van der Waals surface area contributed by atoms with E-state index in [0.717, 1.165) is 0 Å². The van der Waals surface area contributed by atoms with Crippen molar-refractivity contribution in [2.45, 2.75) is 32.9 Å². The number of benzene rings is 1. The lowest BCUT2D eigenvalue weighted by Crippen LogP contribution is -2.43. The van der Waals surface area contributed by atoms with Crippen LogP contribution in [0.15, 0.2) is 24.4 Å². The minimum Gasteiger partial charge on any atom is -0.495 e. The van der Waals surface area contributed by atoms with E-state index in [-0.39, 0.29) is 17.7 Å². The van der Waals surface area contributed by atoms with Crippen LogP contribution < -0.4 is 25.2 Å². The standard InChI is InChI=1S/C24H31FN6O3/c1-23(2)13-31(12-15-10-24(15,3)25)19-17(30(5)21(23)33)11-27-22(29-19)28-16-8-7-14(20(32)26-4)9-18(16)34-6/h7-9,11,15H,10,12-13H2,1-6H3,(H,26,32)(H,27,28,29). The van der Waals surface area contributed by atoms with Gasteiger partial charge in [-0.1, -0.05) is 0 Å². The van der Waals surface area contributed by atoms with Crippen molar-refractivity contribution in [3.05, 3.63) is 30.0 Å². The second-order valence-electron chi connectivity index (χ2n) is 9.83. The number of ether oxygens (including phenoxy) is 1. The highest BCUT2D eigenvalue weighted by molar-refractivity contribution is 6.01. The quantitative estimate of drug-likeness (QED) is 0.669. The molecule has 0 spiro atoms. The third kappa shape index (κ3) is 4.36. The van der Waals surface area contributed by atoms with Crippen molar-refractivity contribution in [3.8, 4) is 5.75 Å². The Morgan fingerprint density at radius 2 is 2.03 bits per heavy atom. The Balaban J connectivity index is 1.70. The van der Waals surface area contributed by atoms with Crippen molar-refractivity contribution in [1.29, 1.82) is 0 Å². The number of halogens is 1. The number of aromatic nitrogens is 2. The van der Waals surface area contributed by atoms with Gasteiger partial charge in [0.1, 0.15) is 17.1 Å². The summed E-state index contributed by atoms with van der Waals surface area (Å²) in [5, 5.41) is 5.73. The van der Waals surface area contributed by atoms with E-state index in [9.17, 15) is 14.0 Å². The molecule has 2 unspecified atom stereocenters. The summed E-state index contributed by atoms with van der Waals surface area (Å²) in [6, 6.07) is 5.01. The summed E-state index contributed by atoms with van der Waals surface area (Å²) in [5.74, 6) is 0.939. The first-order chi connectivity index (χ1) is 16.0. The SMILES string of the molecule is CNC(=O)c1ccc(Nc2ncc3c(n2)N(CC2CC2(C)F)CC(C)(C)C(=O)N3C)c(OC)c1. The number of nitrogens with one attached hydrogen (secondary N) is 2. The largest absolute Gasteiger partial charge is 0.495 e. The van der Waals surface area contributed by atoms with E-state index in [1.165, 1.54) is 7.11 Å². The Morgan fingerprint density at radius 1 is 1.32 bits per heavy atom. The summed E-state index contributed by atoms with van der Waals surface area (Å²) < 4.78 is 19.9. The fourth-order valence-corrected chi connectivity index (χ4v) is 4.37. The van der Waals surface area contributed by atoms with E-state index >= 15 is 0 Å². The average Bonchev–Trinajstić information content (AvgIpc) is 3.43. The van der Waals surface area contributed by atoms with Gasteiger partial charge in [0.15, 0.2) is 5.82 Å². The number of nitrogens with zero attached hydrogens (tertiary/aromatic N) is 4. The fraction of sp³-hybridized carbons (Fsp3) is 0.500. The Hall–Kier alpha value is -3.43. The van der Waals surface area contributed by atoms with Gasteiger partial charge in [0.05, 0.1) is 24.4 Å². The van der Waals surface area contributed by atoms with Crippen LogP contribution in [-0.2, 0) is 4.79 Å². The predicted molar refractivity (Wildman–Crippen MR) is 129 cm³/mol. The number of carbonyl (C=O) groups is 2. The van der Waals surface area contributed by atoms with Gasteiger partial charge in [-0.2, -0.15) is 4.98 Å². The maximum atomic E-state index is 14.4. The van der Waals surface area contributed by atoms with Crippen LogP contribution in [0.1, 0.15) is 37.6 Å². The summed E-state index contributed by atoms with van der Waals surface area (Å²) in [4.78, 5) is 37.7.